The van der Waals surface area contributed by atoms with Gasteiger partial charge in [0.25, 0.3) is 0 Å². The summed E-state index contributed by atoms with van der Waals surface area (Å²) in [6, 6.07) is 4.32. The Morgan fingerprint density at radius 2 is 1.78 bits per heavy atom. The van der Waals surface area contributed by atoms with Gasteiger partial charge in [-0.2, -0.15) is 0 Å². The van der Waals surface area contributed by atoms with Gasteiger partial charge in [-0.05, 0) is 39.0 Å². The van der Waals surface area contributed by atoms with Crippen molar-refractivity contribution in [3.05, 3.63) is 29.3 Å². The number of anilines is 1. The van der Waals surface area contributed by atoms with Crippen LogP contribution in [-0.2, 0) is 9.47 Å². The maximum absolute atomic E-state index is 11.8. The second kappa shape index (κ2) is 5.08. The van der Waals surface area contributed by atoms with Gasteiger partial charge < -0.3 is 15.2 Å². The number of methoxy groups -OCH3 is 1. The minimum atomic E-state index is -0.593. The van der Waals surface area contributed by atoms with Gasteiger partial charge in [-0.1, -0.05) is 0 Å². The molecule has 18 heavy (non-hydrogen) atoms. The number of hydrogen-bond donors (Lipinski definition) is 1. The minimum Gasteiger partial charge on any atom is -0.465 e. The van der Waals surface area contributed by atoms with Gasteiger partial charge in [0.15, 0.2) is 0 Å². The fourth-order valence-electron chi connectivity index (χ4n) is 1.33. The van der Waals surface area contributed by atoms with Crippen LogP contribution < -0.4 is 5.73 Å². The molecular formula is C13H17NO4. The van der Waals surface area contributed by atoms with Crippen LogP contribution in [0.5, 0.6) is 0 Å². The van der Waals surface area contributed by atoms with Gasteiger partial charge in [-0.3, -0.25) is 0 Å². The summed E-state index contributed by atoms with van der Waals surface area (Å²) in [5, 5.41) is 0. The molecule has 0 saturated carbocycles. The van der Waals surface area contributed by atoms with Crippen molar-refractivity contribution in [2.24, 2.45) is 0 Å². The van der Waals surface area contributed by atoms with Gasteiger partial charge in [0, 0.05) is 5.69 Å². The number of rotatable bonds is 2. The quantitative estimate of drug-likeness (QED) is 0.642. The van der Waals surface area contributed by atoms with Crippen LogP contribution in [0.2, 0.25) is 0 Å². The van der Waals surface area contributed by atoms with Gasteiger partial charge in [0.1, 0.15) is 5.60 Å². The van der Waals surface area contributed by atoms with Crippen LogP contribution in [0.25, 0.3) is 0 Å². The lowest BCUT2D eigenvalue weighted by molar-refractivity contribution is 0.00704. The number of benzene rings is 1. The fourth-order valence-corrected chi connectivity index (χ4v) is 1.33. The molecule has 0 aliphatic carbocycles. The highest BCUT2D eigenvalue weighted by molar-refractivity contribution is 5.98. The monoisotopic (exact) mass is 251 g/mol. The molecule has 2 N–H and O–H groups in total. The Morgan fingerprint density at radius 3 is 2.22 bits per heavy atom. The Kier molecular flexibility index (Phi) is 3.96. The minimum absolute atomic E-state index is 0.187. The standard InChI is InChI=1S/C13H17NO4/c1-13(2,3)18-12(16)9-6-5-8(7-10(9)14)11(15)17-4/h5-7H,14H2,1-4H3. The Balaban J connectivity index is 2.99. The first-order valence-electron chi connectivity index (χ1n) is 5.46. The zero-order chi connectivity index (χ0) is 13.9. The molecule has 1 aromatic carbocycles. The van der Waals surface area contributed by atoms with Crippen molar-refractivity contribution in [3.8, 4) is 0 Å². The predicted molar refractivity (Wildman–Crippen MR) is 67.4 cm³/mol. The maximum Gasteiger partial charge on any atom is 0.340 e. The number of carbonyl (C=O) groups excluding carboxylic acids is 2. The molecule has 0 radical (unpaired) electrons. The van der Waals surface area contributed by atoms with Crippen molar-refractivity contribution in [1.29, 1.82) is 0 Å². The molecule has 0 atom stereocenters. The summed E-state index contributed by atoms with van der Waals surface area (Å²) in [4.78, 5) is 23.1. The summed E-state index contributed by atoms with van der Waals surface area (Å²) in [7, 11) is 1.28. The predicted octanol–water partition coefficient (Wildman–Crippen LogP) is 2.01. The third-order valence-electron chi connectivity index (χ3n) is 2.09. The molecule has 0 amide bonds. The molecule has 0 bridgehead atoms. The van der Waals surface area contributed by atoms with E-state index in [2.05, 4.69) is 4.74 Å². The second-order valence-electron chi connectivity index (χ2n) is 4.80. The number of carbonyl (C=O) groups is 2. The third-order valence-corrected chi connectivity index (χ3v) is 2.09. The summed E-state index contributed by atoms with van der Waals surface area (Å²) >= 11 is 0. The van der Waals surface area contributed by atoms with Crippen LogP contribution in [0.15, 0.2) is 18.2 Å². The molecule has 0 fully saturated rings. The molecule has 0 aromatic heterocycles. The zero-order valence-electron chi connectivity index (χ0n) is 10.9. The highest BCUT2D eigenvalue weighted by Crippen LogP contribution is 2.19. The van der Waals surface area contributed by atoms with Crippen LogP contribution in [0, 0.1) is 0 Å². The lowest BCUT2D eigenvalue weighted by Gasteiger charge is -2.20. The summed E-state index contributed by atoms with van der Waals surface area (Å²) in [5.41, 5.74) is 5.85. The Hall–Kier alpha value is -2.04. The van der Waals surface area contributed by atoms with E-state index in [4.69, 9.17) is 10.5 Å². The van der Waals surface area contributed by atoms with E-state index in [1.165, 1.54) is 25.3 Å². The highest BCUT2D eigenvalue weighted by Gasteiger charge is 2.20. The molecule has 5 heteroatoms. The molecule has 0 saturated heterocycles. The van der Waals surface area contributed by atoms with Gasteiger partial charge >= 0.3 is 11.9 Å². The third kappa shape index (κ3) is 3.48. The van der Waals surface area contributed by atoms with Crippen LogP contribution in [-0.4, -0.2) is 24.6 Å². The average molecular weight is 251 g/mol. The van der Waals surface area contributed by atoms with Crippen molar-refractivity contribution < 1.29 is 19.1 Å². The molecule has 0 spiro atoms. The molecule has 1 rings (SSSR count). The first-order valence-corrected chi connectivity index (χ1v) is 5.46. The zero-order valence-corrected chi connectivity index (χ0v) is 10.9. The van der Waals surface area contributed by atoms with E-state index < -0.39 is 17.5 Å². The molecule has 0 heterocycles. The van der Waals surface area contributed by atoms with Gasteiger partial charge in [0.05, 0.1) is 18.2 Å². The van der Waals surface area contributed by atoms with E-state index in [1.807, 2.05) is 0 Å². The molecular weight excluding hydrogens is 234 g/mol. The second-order valence-corrected chi connectivity index (χ2v) is 4.80. The van der Waals surface area contributed by atoms with Crippen molar-refractivity contribution in [2.75, 3.05) is 12.8 Å². The normalized spacial score (nSPS) is 10.9. The van der Waals surface area contributed by atoms with E-state index in [0.717, 1.165) is 0 Å². The van der Waals surface area contributed by atoms with Crippen molar-refractivity contribution in [1.82, 2.24) is 0 Å². The largest absolute Gasteiger partial charge is 0.465 e. The van der Waals surface area contributed by atoms with E-state index in [1.54, 1.807) is 20.8 Å². The van der Waals surface area contributed by atoms with E-state index in [9.17, 15) is 9.59 Å². The SMILES string of the molecule is COC(=O)c1ccc(C(=O)OC(C)(C)C)c(N)c1. The van der Waals surface area contributed by atoms with Gasteiger partial charge in [-0.25, -0.2) is 9.59 Å². The Labute approximate surface area is 106 Å². The van der Waals surface area contributed by atoms with Crippen LogP contribution >= 0.6 is 0 Å². The van der Waals surface area contributed by atoms with Crippen LogP contribution in [0.4, 0.5) is 5.69 Å². The van der Waals surface area contributed by atoms with Crippen LogP contribution in [0.3, 0.4) is 0 Å². The molecule has 0 aliphatic rings. The van der Waals surface area contributed by atoms with Crippen LogP contribution in [0.1, 0.15) is 41.5 Å². The lowest BCUT2D eigenvalue weighted by Crippen LogP contribution is -2.24. The summed E-state index contributed by atoms with van der Waals surface area (Å²) in [6.07, 6.45) is 0. The number of esters is 2. The molecule has 1 aromatic rings. The maximum atomic E-state index is 11.8. The van der Waals surface area contributed by atoms with Crippen molar-refractivity contribution in [3.63, 3.8) is 0 Å². The van der Waals surface area contributed by atoms with E-state index in [-0.39, 0.29) is 11.3 Å². The summed E-state index contributed by atoms with van der Waals surface area (Å²) < 4.78 is 9.76. The summed E-state index contributed by atoms with van der Waals surface area (Å²) in [5.74, 6) is -1.02. The van der Waals surface area contributed by atoms with Crippen molar-refractivity contribution >= 4 is 17.6 Å². The topological polar surface area (TPSA) is 78.6 Å². The van der Waals surface area contributed by atoms with Crippen molar-refractivity contribution in [2.45, 2.75) is 26.4 Å². The molecule has 98 valence electrons. The van der Waals surface area contributed by atoms with E-state index in [0.29, 0.717) is 5.56 Å². The Bertz CT molecular complexity index is 474. The molecule has 0 aliphatic heterocycles. The summed E-state index contributed by atoms with van der Waals surface area (Å²) in [6.45, 7) is 5.30. The average Bonchev–Trinajstić information content (AvgIpc) is 2.25. The van der Waals surface area contributed by atoms with Gasteiger partial charge in [0.2, 0.25) is 0 Å². The first kappa shape index (κ1) is 14.0. The van der Waals surface area contributed by atoms with Gasteiger partial charge in [-0.15, -0.1) is 0 Å². The number of hydrogen-bond acceptors (Lipinski definition) is 5. The molecule has 5 nitrogen and oxygen atoms in total. The lowest BCUT2D eigenvalue weighted by atomic mass is 10.1. The fraction of sp³-hybridized carbons (Fsp3) is 0.385. The molecule has 0 unspecified atom stereocenters. The Morgan fingerprint density at radius 1 is 1.17 bits per heavy atom. The highest BCUT2D eigenvalue weighted by atomic mass is 16.6. The number of nitrogens with two attached hydrogens (primary N) is 1. The number of ether oxygens (including phenoxy) is 2. The first-order chi connectivity index (χ1) is 8.24. The number of nitrogen functional groups attached to an aromatic ring is 1. The smallest absolute Gasteiger partial charge is 0.340 e. The van der Waals surface area contributed by atoms with E-state index >= 15 is 0 Å².